The lowest BCUT2D eigenvalue weighted by Gasteiger charge is -2.40. The first-order valence-electron chi connectivity index (χ1n) is 10.7. The summed E-state index contributed by atoms with van der Waals surface area (Å²) in [7, 11) is -1.57. The number of hydrogen-bond donors (Lipinski definition) is 1. The summed E-state index contributed by atoms with van der Waals surface area (Å²) in [5, 5.41) is 0.781. The molecule has 10 heteroatoms. The van der Waals surface area contributed by atoms with Gasteiger partial charge in [-0.25, -0.2) is 23.4 Å². The van der Waals surface area contributed by atoms with Crippen LogP contribution in [0.4, 0.5) is 5.82 Å². The molecule has 162 valence electrons. The fourth-order valence-corrected chi connectivity index (χ4v) is 7.27. The van der Waals surface area contributed by atoms with Crippen LogP contribution in [0.1, 0.15) is 25.7 Å². The van der Waals surface area contributed by atoms with Gasteiger partial charge in [0.05, 0.1) is 17.7 Å². The molecule has 1 saturated carbocycles. The van der Waals surface area contributed by atoms with E-state index in [0.717, 1.165) is 53.8 Å². The van der Waals surface area contributed by atoms with Gasteiger partial charge in [0, 0.05) is 48.7 Å². The van der Waals surface area contributed by atoms with Crippen LogP contribution < -0.4 is 9.64 Å². The van der Waals surface area contributed by atoms with Crippen molar-refractivity contribution in [2.45, 2.75) is 43.0 Å². The first-order chi connectivity index (χ1) is 15.0. The van der Waals surface area contributed by atoms with Gasteiger partial charge >= 0.3 is 0 Å². The third-order valence-corrected chi connectivity index (χ3v) is 9.11. The van der Waals surface area contributed by atoms with Crippen molar-refractivity contribution in [2.75, 3.05) is 25.1 Å². The van der Waals surface area contributed by atoms with Crippen LogP contribution in [0.5, 0.6) is 5.88 Å². The van der Waals surface area contributed by atoms with Gasteiger partial charge in [0.25, 0.3) is 0 Å². The average molecular weight is 441 g/mol. The van der Waals surface area contributed by atoms with Crippen molar-refractivity contribution in [1.29, 1.82) is 0 Å². The van der Waals surface area contributed by atoms with E-state index in [1.54, 1.807) is 19.6 Å². The van der Waals surface area contributed by atoms with E-state index < -0.39 is 10.0 Å². The van der Waals surface area contributed by atoms with E-state index in [1.165, 1.54) is 0 Å². The zero-order valence-corrected chi connectivity index (χ0v) is 18.0. The monoisotopic (exact) mass is 440 g/mol. The number of nitrogens with one attached hydrogen (secondary N) is 1. The molecule has 2 bridgehead atoms. The minimum atomic E-state index is -3.16. The van der Waals surface area contributed by atoms with Gasteiger partial charge in [0.2, 0.25) is 15.9 Å². The smallest absolute Gasteiger partial charge is 0.217 e. The van der Waals surface area contributed by atoms with E-state index in [4.69, 9.17) is 4.74 Å². The third-order valence-electron chi connectivity index (χ3n) is 6.61. The lowest BCUT2D eigenvalue weighted by Crippen LogP contribution is -2.56. The number of methoxy groups -OCH3 is 1. The predicted molar refractivity (Wildman–Crippen MR) is 116 cm³/mol. The molecule has 6 rings (SSSR count). The van der Waals surface area contributed by atoms with Gasteiger partial charge in [0.1, 0.15) is 17.8 Å². The number of ether oxygens (including phenoxy) is 1. The Morgan fingerprint density at radius 1 is 1.06 bits per heavy atom. The molecule has 3 fully saturated rings. The molecule has 3 aromatic rings. The van der Waals surface area contributed by atoms with Crippen LogP contribution in [0.2, 0.25) is 0 Å². The van der Waals surface area contributed by atoms with Crippen molar-refractivity contribution in [3.8, 4) is 17.1 Å². The highest BCUT2D eigenvalue weighted by Crippen LogP contribution is 2.41. The van der Waals surface area contributed by atoms with E-state index in [1.807, 2.05) is 16.4 Å². The molecule has 0 spiro atoms. The van der Waals surface area contributed by atoms with Gasteiger partial charge in [-0.15, -0.1) is 0 Å². The van der Waals surface area contributed by atoms with Gasteiger partial charge in [-0.1, -0.05) is 0 Å². The molecule has 0 radical (unpaired) electrons. The van der Waals surface area contributed by atoms with E-state index in [-0.39, 0.29) is 17.3 Å². The number of pyridine rings is 1. The first kappa shape index (κ1) is 19.0. The molecule has 9 nitrogen and oxygen atoms in total. The van der Waals surface area contributed by atoms with Crippen LogP contribution in [0.3, 0.4) is 0 Å². The highest BCUT2D eigenvalue weighted by Gasteiger charge is 2.51. The van der Waals surface area contributed by atoms with Crippen LogP contribution >= 0.6 is 0 Å². The molecule has 0 aromatic carbocycles. The van der Waals surface area contributed by atoms with Crippen molar-refractivity contribution in [3.05, 3.63) is 30.7 Å². The number of H-pyrrole nitrogens is 1. The Balaban J connectivity index is 1.33. The Morgan fingerprint density at radius 2 is 1.84 bits per heavy atom. The number of anilines is 1. The summed E-state index contributed by atoms with van der Waals surface area (Å²) in [5.74, 6) is 1.40. The summed E-state index contributed by atoms with van der Waals surface area (Å²) in [5.41, 5.74) is 2.63. The van der Waals surface area contributed by atoms with E-state index in [2.05, 4.69) is 30.9 Å². The number of sulfonamides is 1. The van der Waals surface area contributed by atoms with Gasteiger partial charge in [-0.3, -0.25) is 0 Å². The summed E-state index contributed by atoms with van der Waals surface area (Å²) in [6.45, 7) is 1.33. The summed E-state index contributed by atoms with van der Waals surface area (Å²) >= 11 is 0. The molecule has 31 heavy (non-hydrogen) atoms. The van der Waals surface area contributed by atoms with Crippen LogP contribution in [0.15, 0.2) is 30.7 Å². The second-order valence-electron chi connectivity index (χ2n) is 8.59. The van der Waals surface area contributed by atoms with E-state index in [9.17, 15) is 8.42 Å². The molecule has 1 N–H and O–H groups in total. The topological polar surface area (TPSA) is 104 Å². The quantitative estimate of drug-likeness (QED) is 0.648. The van der Waals surface area contributed by atoms with Gasteiger partial charge < -0.3 is 14.6 Å². The highest BCUT2D eigenvalue weighted by atomic mass is 32.2. The van der Waals surface area contributed by atoms with Crippen LogP contribution in [0.25, 0.3) is 22.3 Å². The predicted octanol–water partition coefficient (Wildman–Crippen LogP) is 2.17. The van der Waals surface area contributed by atoms with Crippen molar-refractivity contribution in [3.63, 3.8) is 0 Å². The number of fused-ring (bicyclic) bond motifs is 3. The molecule has 2 aliphatic heterocycles. The fourth-order valence-electron chi connectivity index (χ4n) is 5.01. The Labute approximate surface area is 180 Å². The molecule has 2 unspecified atom stereocenters. The maximum atomic E-state index is 12.9. The SMILES string of the molecule is COc1cc(-c2cc3c(N4CC5CCC(C4)N5S(=O)(=O)C4CC4)ncnc3[nH]2)ccn1. The molecule has 3 aromatic heterocycles. The molecule has 2 atom stereocenters. The number of hydrogen-bond acceptors (Lipinski definition) is 7. The van der Waals surface area contributed by atoms with Crippen molar-refractivity contribution >= 4 is 26.9 Å². The number of piperazine rings is 1. The molecular weight excluding hydrogens is 416 g/mol. The summed E-state index contributed by atoms with van der Waals surface area (Å²) in [4.78, 5) is 18.8. The van der Waals surface area contributed by atoms with E-state index in [0.29, 0.717) is 19.0 Å². The largest absolute Gasteiger partial charge is 0.481 e. The number of aromatic nitrogens is 4. The molecular formula is C21H24N6O3S. The average Bonchev–Trinajstić information content (AvgIpc) is 3.50. The van der Waals surface area contributed by atoms with Gasteiger partial charge in [-0.2, -0.15) is 4.31 Å². The lowest BCUT2D eigenvalue weighted by molar-refractivity contribution is 0.285. The second-order valence-corrected chi connectivity index (χ2v) is 10.7. The maximum Gasteiger partial charge on any atom is 0.217 e. The van der Waals surface area contributed by atoms with Crippen LogP contribution in [-0.2, 0) is 10.0 Å². The van der Waals surface area contributed by atoms with Gasteiger partial charge in [0.15, 0.2) is 0 Å². The number of aromatic amines is 1. The third kappa shape index (κ3) is 3.08. The van der Waals surface area contributed by atoms with Crippen LogP contribution in [-0.4, -0.2) is 70.2 Å². The maximum absolute atomic E-state index is 12.9. The summed E-state index contributed by atoms with van der Waals surface area (Å²) < 4.78 is 32.9. The second kappa shape index (κ2) is 6.89. The zero-order valence-electron chi connectivity index (χ0n) is 17.2. The zero-order chi connectivity index (χ0) is 21.2. The first-order valence-corrected chi connectivity index (χ1v) is 12.2. The molecule has 2 saturated heterocycles. The van der Waals surface area contributed by atoms with Gasteiger partial charge in [-0.05, 0) is 37.8 Å². The van der Waals surface area contributed by atoms with Crippen molar-refractivity contribution in [2.24, 2.45) is 0 Å². The van der Waals surface area contributed by atoms with Crippen molar-refractivity contribution < 1.29 is 13.2 Å². The minimum absolute atomic E-state index is 0.0252. The Morgan fingerprint density at radius 3 is 2.55 bits per heavy atom. The molecule has 5 heterocycles. The standard InChI is InChI=1S/C21H24N6O3S/c1-30-19-8-13(6-7-22-19)18-9-17-20(25-18)23-12-24-21(17)26-10-14-2-3-15(11-26)27(14)31(28,29)16-4-5-16/h6-9,12,14-16H,2-5,10-11H2,1H3,(H,23,24,25). The molecule has 3 aliphatic rings. The lowest BCUT2D eigenvalue weighted by atomic mass is 10.2. The summed E-state index contributed by atoms with van der Waals surface area (Å²) in [6.07, 6.45) is 6.72. The van der Waals surface area contributed by atoms with Crippen LogP contribution in [0, 0.1) is 0 Å². The summed E-state index contributed by atoms with van der Waals surface area (Å²) in [6, 6.07) is 5.89. The Bertz CT molecular complexity index is 1240. The normalized spacial score (nSPS) is 24.1. The highest BCUT2D eigenvalue weighted by molar-refractivity contribution is 7.90. The minimum Gasteiger partial charge on any atom is -0.481 e. The Hall–Kier alpha value is -2.72. The number of nitrogens with zero attached hydrogens (tertiary/aromatic N) is 5. The van der Waals surface area contributed by atoms with E-state index >= 15 is 0 Å². The molecule has 1 aliphatic carbocycles. The molecule has 0 amide bonds. The fraction of sp³-hybridized carbons (Fsp3) is 0.476. The van der Waals surface area contributed by atoms with Crippen molar-refractivity contribution in [1.82, 2.24) is 24.2 Å². The Kier molecular flexibility index (Phi) is 4.23. The number of rotatable bonds is 5.